The maximum atomic E-state index is 12.2. The lowest BCUT2D eigenvalue weighted by molar-refractivity contribution is 0.0921. The summed E-state index contributed by atoms with van der Waals surface area (Å²) in [6.45, 7) is -0.0715. The molecule has 2 rings (SSSR count). The minimum absolute atomic E-state index is 0.0715. The first-order valence-corrected chi connectivity index (χ1v) is 6.65. The second kappa shape index (κ2) is 6.99. The summed E-state index contributed by atoms with van der Waals surface area (Å²) in [5, 5.41) is 0.617. The van der Waals surface area contributed by atoms with Crippen LogP contribution in [0.15, 0.2) is 42.5 Å². The topological polar surface area (TPSA) is 44.8 Å². The Balaban J connectivity index is 2.07. The smallest absolute Gasteiger partial charge is 0.200 e. The molecule has 110 valence electrons. The molecule has 0 aliphatic heterocycles. The predicted octanol–water partition coefficient (Wildman–Crippen LogP) is 3.62. The molecule has 0 heterocycles. The van der Waals surface area contributed by atoms with E-state index in [-0.39, 0.29) is 12.4 Å². The number of Topliss-reactive ketones (excluding diaryl/α,β-unsaturated/α-hetero) is 1. The number of ether oxygens (including phenoxy) is 3. The molecule has 0 radical (unpaired) electrons. The molecule has 21 heavy (non-hydrogen) atoms. The maximum Gasteiger partial charge on any atom is 0.200 e. The van der Waals surface area contributed by atoms with Crippen molar-refractivity contribution in [3.05, 3.63) is 53.1 Å². The first-order valence-electron chi connectivity index (χ1n) is 6.27. The SMILES string of the molecule is COc1cc(OC)cc(C(=O)COc2ccc(Cl)cc2)c1. The standard InChI is InChI=1S/C16H15ClO4/c1-19-14-7-11(8-15(9-14)20-2)16(18)10-21-13-5-3-12(17)4-6-13/h3-9H,10H2,1-2H3. The van der Waals surface area contributed by atoms with Crippen molar-refractivity contribution in [1.82, 2.24) is 0 Å². The minimum atomic E-state index is -0.165. The third-order valence-electron chi connectivity index (χ3n) is 2.86. The normalized spacial score (nSPS) is 10.0. The largest absolute Gasteiger partial charge is 0.497 e. The Morgan fingerprint density at radius 1 is 0.952 bits per heavy atom. The molecule has 0 unspecified atom stereocenters. The average molecular weight is 307 g/mol. The zero-order valence-electron chi connectivity index (χ0n) is 11.8. The summed E-state index contributed by atoms with van der Waals surface area (Å²) >= 11 is 5.79. The van der Waals surface area contributed by atoms with Gasteiger partial charge >= 0.3 is 0 Å². The van der Waals surface area contributed by atoms with Crippen LogP contribution in [-0.4, -0.2) is 26.6 Å². The van der Waals surface area contributed by atoms with Crippen molar-refractivity contribution < 1.29 is 19.0 Å². The number of methoxy groups -OCH3 is 2. The first-order chi connectivity index (χ1) is 10.1. The summed E-state index contributed by atoms with van der Waals surface area (Å²) in [5.41, 5.74) is 0.472. The molecule has 0 spiro atoms. The van der Waals surface area contributed by atoms with Gasteiger partial charge in [-0.25, -0.2) is 0 Å². The highest BCUT2D eigenvalue weighted by Gasteiger charge is 2.11. The van der Waals surface area contributed by atoms with Gasteiger partial charge in [0.1, 0.15) is 17.2 Å². The van der Waals surface area contributed by atoms with Gasteiger partial charge in [-0.05, 0) is 36.4 Å². The van der Waals surface area contributed by atoms with E-state index in [4.69, 9.17) is 25.8 Å². The quantitative estimate of drug-likeness (QED) is 0.765. The molecular formula is C16H15ClO4. The van der Waals surface area contributed by atoms with Gasteiger partial charge in [-0.1, -0.05) is 11.6 Å². The fourth-order valence-corrected chi connectivity index (χ4v) is 1.86. The molecule has 0 bridgehead atoms. The molecule has 5 heteroatoms. The molecule has 0 amide bonds. The Labute approximate surface area is 128 Å². The van der Waals surface area contributed by atoms with Crippen LogP contribution in [0.1, 0.15) is 10.4 Å². The summed E-state index contributed by atoms with van der Waals surface area (Å²) in [6.07, 6.45) is 0. The Hall–Kier alpha value is -2.20. The van der Waals surface area contributed by atoms with Crippen molar-refractivity contribution in [1.29, 1.82) is 0 Å². The van der Waals surface area contributed by atoms with Gasteiger partial charge in [0.15, 0.2) is 12.4 Å². The van der Waals surface area contributed by atoms with Gasteiger partial charge in [0.05, 0.1) is 14.2 Å². The van der Waals surface area contributed by atoms with E-state index in [0.29, 0.717) is 27.8 Å². The average Bonchev–Trinajstić information content (AvgIpc) is 2.53. The molecule has 0 saturated carbocycles. The van der Waals surface area contributed by atoms with E-state index >= 15 is 0 Å². The van der Waals surface area contributed by atoms with Gasteiger partial charge in [-0.3, -0.25) is 4.79 Å². The van der Waals surface area contributed by atoms with Crippen molar-refractivity contribution in [2.75, 3.05) is 20.8 Å². The summed E-state index contributed by atoms with van der Waals surface area (Å²) in [6, 6.07) is 11.8. The molecule has 0 atom stereocenters. The molecular weight excluding hydrogens is 292 g/mol. The molecule has 0 aromatic heterocycles. The van der Waals surface area contributed by atoms with Crippen LogP contribution in [0, 0.1) is 0 Å². The van der Waals surface area contributed by atoms with Gasteiger partial charge < -0.3 is 14.2 Å². The lowest BCUT2D eigenvalue weighted by Crippen LogP contribution is -2.11. The molecule has 0 fully saturated rings. The number of hydrogen-bond acceptors (Lipinski definition) is 4. The predicted molar refractivity (Wildman–Crippen MR) is 80.8 cm³/mol. The number of halogens is 1. The lowest BCUT2D eigenvalue weighted by atomic mass is 10.1. The van der Waals surface area contributed by atoms with Crippen LogP contribution in [0.2, 0.25) is 5.02 Å². The monoisotopic (exact) mass is 306 g/mol. The van der Waals surface area contributed by atoms with E-state index in [1.54, 1.807) is 42.5 Å². The van der Waals surface area contributed by atoms with Gasteiger partial charge in [0.2, 0.25) is 0 Å². The van der Waals surface area contributed by atoms with Crippen LogP contribution in [-0.2, 0) is 0 Å². The zero-order valence-corrected chi connectivity index (χ0v) is 12.5. The van der Waals surface area contributed by atoms with Gasteiger partial charge in [0.25, 0.3) is 0 Å². The van der Waals surface area contributed by atoms with Crippen LogP contribution < -0.4 is 14.2 Å². The van der Waals surface area contributed by atoms with E-state index in [9.17, 15) is 4.79 Å². The van der Waals surface area contributed by atoms with Gasteiger partial charge in [-0.15, -0.1) is 0 Å². The fourth-order valence-electron chi connectivity index (χ4n) is 1.73. The van der Waals surface area contributed by atoms with E-state index in [2.05, 4.69) is 0 Å². The summed E-state index contributed by atoms with van der Waals surface area (Å²) < 4.78 is 15.7. The second-order valence-electron chi connectivity index (χ2n) is 4.27. The highest BCUT2D eigenvalue weighted by molar-refractivity contribution is 6.30. The summed E-state index contributed by atoms with van der Waals surface area (Å²) in [7, 11) is 3.07. The minimum Gasteiger partial charge on any atom is -0.497 e. The number of rotatable bonds is 6. The number of carbonyl (C=O) groups excluding carboxylic acids is 1. The number of hydrogen-bond donors (Lipinski definition) is 0. The van der Waals surface area contributed by atoms with E-state index in [1.165, 1.54) is 14.2 Å². The number of carbonyl (C=O) groups is 1. The van der Waals surface area contributed by atoms with Crippen molar-refractivity contribution >= 4 is 17.4 Å². The van der Waals surface area contributed by atoms with Crippen LogP contribution in [0.5, 0.6) is 17.2 Å². The van der Waals surface area contributed by atoms with Crippen molar-refractivity contribution in [3.8, 4) is 17.2 Å². The lowest BCUT2D eigenvalue weighted by Gasteiger charge is -2.09. The Bertz CT molecular complexity index is 600. The van der Waals surface area contributed by atoms with Crippen LogP contribution in [0.25, 0.3) is 0 Å². The van der Waals surface area contributed by atoms with E-state index < -0.39 is 0 Å². The first kappa shape index (κ1) is 15.2. The van der Waals surface area contributed by atoms with Crippen molar-refractivity contribution in [2.45, 2.75) is 0 Å². The second-order valence-corrected chi connectivity index (χ2v) is 4.70. The molecule has 2 aromatic rings. The Morgan fingerprint density at radius 2 is 1.52 bits per heavy atom. The van der Waals surface area contributed by atoms with E-state index in [1.807, 2.05) is 0 Å². The molecule has 0 saturated heterocycles. The van der Waals surface area contributed by atoms with Crippen molar-refractivity contribution in [2.24, 2.45) is 0 Å². The third-order valence-corrected chi connectivity index (χ3v) is 3.11. The maximum absolute atomic E-state index is 12.2. The van der Waals surface area contributed by atoms with E-state index in [0.717, 1.165) is 0 Å². The van der Waals surface area contributed by atoms with Crippen molar-refractivity contribution in [3.63, 3.8) is 0 Å². The molecule has 0 aliphatic carbocycles. The van der Waals surface area contributed by atoms with Crippen LogP contribution in [0.3, 0.4) is 0 Å². The number of ketones is 1. The van der Waals surface area contributed by atoms with Crippen LogP contribution in [0.4, 0.5) is 0 Å². The highest BCUT2D eigenvalue weighted by Crippen LogP contribution is 2.23. The summed E-state index contributed by atoms with van der Waals surface area (Å²) in [4.78, 5) is 12.2. The third kappa shape index (κ3) is 4.13. The Kier molecular flexibility index (Phi) is 5.06. The highest BCUT2D eigenvalue weighted by atomic mass is 35.5. The summed E-state index contributed by atoms with van der Waals surface area (Å²) in [5.74, 6) is 1.54. The molecule has 4 nitrogen and oxygen atoms in total. The molecule has 0 aliphatic rings. The Morgan fingerprint density at radius 3 is 2.05 bits per heavy atom. The van der Waals surface area contributed by atoms with Gasteiger partial charge in [-0.2, -0.15) is 0 Å². The molecule has 2 aromatic carbocycles. The van der Waals surface area contributed by atoms with Crippen LogP contribution >= 0.6 is 11.6 Å². The van der Waals surface area contributed by atoms with Gasteiger partial charge in [0, 0.05) is 16.7 Å². The number of benzene rings is 2. The molecule has 0 N–H and O–H groups in total. The zero-order chi connectivity index (χ0) is 15.2. The fraction of sp³-hybridized carbons (Fsp3) is 0.188.